The van der Waals surface area contributed by atoms with Crippen molar-refractivity contribution in [2.75, 3.05) is 31.1 Å². The van der Waals surface area contributed by atoms with Crippen molar-refractivity contribution < 1.29 is 0 Å². The quantitative estimate of drug-likeness (QED) is 0.839. The molecule has 2 aromatic heterocycles. The SMILES string of the molecule is Cc1nc(N2CCN(Cc3sc(C)nc3C)CC2)cc(C(C)(C)C)n1. The van der Waals surface area contributed by atoms with Crippen molar-refractivity contribution in [1.29, 1.82) is 0 Å². The Labute approximate surface area is 155 Å². The van der Waals surface area contributed by atoms with Crippen LogP contribution in [0.5, 0.6) is 0 Å². The van der Waals surface area contributed by atoms with Crippen molar-refractivity contribution in [2.24, 2.45) is 0 Å². The van der Waals surface area contributed by atoms with Crippen molar-refractivity contribution in [1.82, 2.24) is 19.9 Å². The number of piperazine rings is 1. The van der Waals surface area contributed by atoms with E-state index in [9.17, 15) is 0 Å². The van der Waals surface area contributed by atoms with Gasteiger partial charge >= 0.3 is 0 Å². The molecule has 2 aromatic rings. The number of hydrogen-bond acceptors (Lipinski definition) is 6. The smallest absolute Gasteiger partial charge is 0.132 e. The van der Waals surface area contributed by atoms with Crippen LogP contribution in [0.3, 0.4) is 0 Å². The Bertz CT molecular complexity index is 739. The fourth-order valence-electron chi connectivity index (χ4n) is 3.16. The van der Waals surface area contributed by atoms with Gasteiger partial charge in [-0.15, -0.1) is 11.3 Å². The molecule has 5 nitrogen and oxygen atoms in total. The number of nitrogens with zero attached hydrogens (tertiary/aromatic N) is 5. The van der Waals surface area contributed by atoms with Crippen LogP contribution in [0.4, 0.5) is 5.82 Å². The van der Waals surface area contributed by atoms with Crippen molar-refractivity contribution >= 4 is 17.2 Å². The molecule has 0 bridgehead atoms. The molecule has 0 saturated carbocycles. The van der Waals surface area contributed by atoms with Crippen molar-refractivity contribution in [3.8, 4) is 0 Å². The van der Waals surface area contributed by atoms with E-state index in [-0.39, 0.29) is 5.41 Å². The van der Waals surface area contributed by atoms with Crippen molar-refractivity contribution in [3.63, 3.8) is 0 Å². The van der Waals surface area contributed by atoms with E-state index in [0.29, 0.717) is 0 Å². The standard InChI is InChI=1S/C19H29N5S/c1-13-16(25-15(3)20-13)12-23-7-9-24(10-8-23)18-11-17(19(4,5)6)21-14(2)22-18/h11H,7-10,12H2,1-6H3. The molecule has 25 heavy (non-hydrogen) atoms. The van der Waals surface area contributed by atoms with E-state index < -0.39 is 0 Å². The third-order valence-electron chi connectivity index (χ3n) is 4.66. The van der Waals surface area contributed by atoms with Gasteiger partial charge in [-0.25, -0.2) is 15.0 Å². The molecule has 1 fully saturated rings. The van der Waals surface area contributed by atoms with Crippen LogP contribution in [0.1, 0.15) is 47.9 Å². The molecule has 0 radical (unpaired) electrons. The average Bonchev–Trinajstić information content (AvgIpc) is 2.84. The molecule has 0 spiro atoms. The molecule has 0 atom stereocenters. The fraction of sp³-hybridized carbons (Fsp3) is 0.632. The molecule has 6 heteroatoms. The summed E-state index contributed by atoms with van der Waals surface area (Å²) in [4.78, 5) is 20.2. The highest BCUT2D eigenvalue weighted by molar-refractivity contribution is 7.11. The minimum atomic E-state index is 0.0475. The third-order valence-corrected chi connectivity index (χ3v) is 5.71. The molecule has 1 aliphatic heterocycles. The molecule has 0 aromatic carbocycles. The molecule has 0 aliphatic carbocycles. The van der Waals surface area contributed by atoms with Crippen LogP contribution in [0.15, 0.2) is 6.07 Å². The molecule has 0 N–H and O–H groups in total. The van der Waals surface area contributed by atoms with E-state index in [1.54, 1.807) is 0 Å². The monoisotopic (exact) mass is 359 g/mol. The summed E-state index contributed by atoms with van der Waals surface area (Å²) in [5.74, 6) is 1.93. The summed E-state index contributed by atoms with van der Waals surface area (Å²) in [5, 5.41) is 1.16. The van der Waals surface area contributed by atoms with Crippen molar-refractivity contribution in [3.05, 3.63) is 33.2 Å². The summed E-state index contributed by atoms with van der Waals surface area (Å²) in [6, 6.07) is 2.17. The van der Waals surface area contributed by atoms with E-state index in [0.717, 1.165) is 55.1 Å². The van der Waals surface area contributed by atoms with E-state index >= 15 is 0 Å². The normalized spacial score (nSPS) is 16.5. The van der Waals surface area contributed by atoms with E-state index in [1.807, 2.05) is 18.3 Å². The Morgan fingerprint density at radius 1 is 1.00 bits per heavy atom. The highest BCUT2D eigenvalue weighted by Crippen LogP contribution is 2.25. The van der Waals surface area contributed by atoms with Crippen LogP contribution in [0.2, 0.25) is 0 Å². The van der Waals surface area contributed by atoms with Crippen LogP contribution in [0, 0.1) is 20.8 Å². The van der Waals surface area contributed by atoms with Gasteiger partial charge in [-0.2, -0.15) is 0 Å². The van der Waals surface area contributed by atoms with Gasteiger partial charge in [0.05, 0.1) is 16.4 Å². The predicted octanol–water partition coefficient (Wildman–Crippen LogP) is 3.48. The maximum absolute atomic E-state index is 4.69. The average molecular weight is 360 g/mol. The largest absolute Gasteiger partial charge is 0.354 e. The van der Waals surface area contributed by atoms with Gasteiger partial charge < -0.3 is 4.90 Å². The second kappa shape index (κ2) is 7.00. The number of aromatic nitrogens is 3. The molecular weight excluding hydrogens is 330 g/mol. The summed E-state index contributed by atoms with van der Waals surface area (Å²) in [6.45, 7) is 18.0. The summed E-state index contributed by atoms with van der Waals surface area (Å²) in [5.41, 5.74) is 2.35. The third kappa shape index (κ3) is 4.36. The lowest BCUT2D eigenvalue weighted by molar-refractivity contribution is 0.250. The first-order valence-corrected chi connectivity index (χ1v) is 9.80. The maximum atomic E-state index is 4.69. The summed E-state index contributed by atoms with van der Waals surface area (Å²) in [7, 11) is 0. The van der Waals surface area contributed by atoms with Crippen LogP contribution < -0.4 is 4.90 Å². The summed E-state index contributed by atoms with van der Waals surface area (Å²) in [6.07, 6.45) is 0. The van der Waals surface area contributed by atoms with Gasteiger partial charge in [-0.1, -0.05) is 20.8 Å². The molecule has 0 unspecified atom stereocenters. The molecule has 1 saturated heterocycles. The highest BCUT2D eigenvalue weighted by atomic mass is 32.1. The van der Waals surface area contributed by atoms with Gasteiger partial charge in [0, 0.05) is 49.1 Å². The first kappa shape index (κ1) is 18.3. The second-order valence-corrected chi connectivity index (χ2v) is 9.20. The molecule has 0 amide bonds. The summed E-state index contributed by atoms with van der Waals surface area (Å²) < 4.78 is 0. The molecule has 1 aliphatic rings. The van der Waals surface area contributed by atoms with Crippen LogP contribution in [0.25, 0.3) is 0 Å². The molecule has 3 rings (SSSR count). The van der Waals surface area contributed by atoms with Crippen molar-refractivity contribution in [2.45, 2.75) is 53.5 Å². The zero-order valence-electron chi connectivity index (χ0n) is 16.3. The van der Waals surface area contributed by atoms with Gasteiger partial charge in [-0.05, 0) is 20.8 Å². The second-order valence-electron chi connectivity index (χ2n) is 7.91. The number of anilines is 1. The Hall–Kier alpha value is -1.53. The van der Waals surface area contributed by atoms with E-state index in [1.165, 1.54) is 10.6 Å². The zero-order valence-corrected chi connectivity index (χ0v) is 17.1. The topological polar surface area (TPSA) is 45.2 Å². The van der Waals surface area contributed by atoms with Gasteiger partial charge in [0.15, 0.2) is 0 Å². The minimum Gasteiger partial charge on any atom is -0.354 e. The first-order chi connectivity index (χ1) is 11.7. The fourth-order valence-corrected chi connectivity index (χ4v) is 4.14. The number of aryl methyl sites for hydroxylation is 3. The molecule has 3 heterocycles. The Balaban J connectivity index is 1.66. The number of hydrogen-bond donors (Lipinski definition) is 0. The Morgan fingerprint density at radius 2 is 1.68 bits per heavy atom. The van der Waals surface area contributed by atoms with Gasteiger partial charge in [0.1, 0.15) is 11.6 Å². The maximum Gasteiger partial charge on any atom is 0.132 e. The first-order valence-electron chi connectivity index (χ1n) is 8.99. The lowest BCUT2D eigenvalue weighted by atomic mass is 9.92. The molecule has 136 valence electrons. The van der Waals surface area contributed by atoms with Gasteiger partial charge in [0.25, 0.3) is 0 Å². The van der Waals surface area contributed by atoms with Gasteiger partial charge in [-0.3, -0.25) is 4.90 Å². The van der Waals surface area contributed by atoms with Crippen LogP contribution in [-0.2, 0) is 12.0 Å². The van der Waals surface area contributed by atoms with E-state index in [4.69, 9.17) is 0 Å². The minimum absolute atomic E-state index is 0.0475. The van der Waals surface area contributed by atoms with Gasteiger partial charge in [0.2, 0.25) is 0 Å². The predicted molar refractivity (Wildman–Crippen MR) is 105 cm³/mol. The van der Waals surface area contributed by atoms with Crippen LogP contribution in [-0.4, -0.2) is 46.0 Å². The number of thiazole rings is 1. The lowest BCUT2D eigenvalue weighted by Gasteiger charge is -2.35. The zero-order chi connectivity index (χ0) is 18.2. The molecular formula is C19H29N5S. The number of rotatable bonds is 3. The van der Waals surface area contributed by atoms with E-state index in [2.05, 4.69) is 65.4 Å². The summed E-state index contributed by atoms with van der Waals surface area (Å²) >= 11 is 1.82. The highest BCUT2D eigenvalue weighted by Gasteiger charge is 2.23. The Kier molecular flexibility index (Phi) is 5.11. The lowest BCUT2D eigenvalue weighted by Crippen LogP contribution is -2.46. The Morgan fingerprint density at radius 3 is 2.24 bits per heavy atom. The van der Waals surface area contributed by atoms with Crippen LogP contribution >= 0.6 is 11.3 Å².